The highest BCUT2D eigenvalue weighted by Crippen LogP contribution is 2.35. The zero-order valence-corrected chi connectivity index (χ0v) is 14.5. The van der Waals surface area contributed by atoms with E-state index in [1.165, 1.54) is 24.2 Å². The van der Waals surface area contributed by atoms with Crippen LogP contribution in [-0.4, -0.2) is 53.6 Å². The van der Waals surface area contributed by atoms with Crippen molar-refractivity contribution < 1.29 is 4.79 Å². The minimum atomic E-state index is -0.0306. The Balaban J connectivity index is 1.47. The predicted molar refractivity (Wildman–Crippen MR) is 94.6 cm³/mol. The number of urea groups is 1. The molecule has 126 valence electrons. The van der Waals surface area contributed by atoms with E-state index in [4.69, 9.17) is 0 Å². The summed E-state index contributed by atoms with van der Waals surface area (Å²) in [6.07, 6.45) is 7.35. The lowest BCUT2D eigenvalue weighted by Gasteiger charge is -2.25. The number of carbonyl (C=O) groups excluding carboxylic acids is 1. The summed E-state index contributed by atoms with van der Waals surface area (Å²) in [7, 11) is 2.15. The highest BCUT2D eigenvalue weighted by Gasteiger charge is 2.33. The first-order chi connectivity index (χ1) is 11.2. The van der Waals surface area contributed by atoms with Gasteiger partial charge in [-0.05, 0) is 56.2 Å². The van der Waals surface area contributed by atoms with E-state index in [2.05, 4.69) is 33.6 Å². The molecule has 0 aromatic carbocycles. The van der Waals surface area contributed by atoms with Gasteiger partial charge in [0, 0.05) is 36.8 Å². The number of rotatable bonds is 5. The first-order valence-electron chi connectivity index (χ1n) is 8.47. The van der Waals surface area contributed by atoms with Gasteiger partial charge in [0.25, 0.3) is 0 Å². The van der Waals surface area contributed by atoms with E-state index >= 15 is 0 Å². The van der Waals surface area contributed by atoms with Crippen LogP contribution in [0, 0.1) is 5.92 Å². The molecule has 2 saturated heterocycles. The van der Waals surface area contributed by atoms with E-state index in [-0.39, 0.29) is 6.03 Å². The third-order valence-electron chi connectivity index (χ3n) is 4.84. The molecular weight excluding hydrogens is 308 g/mol. The summed E-state index contributed by atoms with van der Waals surface area (Å²) in [5.74, 6) is 1.67. The smallest absolute Gasteiger partial charge is 0.314 e. The summed E-state index contributed by atoms with van der Waals surface area (Å²) in [4.78, 5) is 18.6. The number of amides is 2. The third-order valence-corrected chi connectivity index (χ3v) is 6.24. The van der Waals surface area contributed by atoms with Gasteiger partial charge >= 0.3 is 6.03 Å². The van der Waals surface area contributed by atoms with Crippen LogP contribution in [0.2, 0.25) is 0 Å². The second-order valence-electron chi connectivity index (χ2n) is 6.49. The maximum absolute atomic E-state index is 12.0. The van der Waals surface area contributed by atoms with Crippen molar-refractivity contribution in [3.05, 3.63) is 30.1 Å². The van der Waals surface area contributed by atoms with E-state index in [0.717, 1.165) is 19.5 Å². The molecule has 6 heteroatoms. The van der Waals surface area contributed by atoms with Crippen molar-refractivity contribution in [2.75, 3.05) is 32.4 Å². The molecule has 3 atom stereocenters. The summed E-state index contributed by atoms with van der Waals surface area (Å²) in [5, 5.41) is 6.68. The van der Waals surface area contributed by atoms with Gasteiger partial charge in [-0.15, -0.1) is 0 Å². The molecule has 0 saturated carbocycles. The maximum Gasteiger partial charge on any atom is 0.314 e. The van der Waals surface area contributed by atoms with Crippen molar-refractivity contribution in [2.24, 2.45) is 5.92 Å². The van der Waals surface area contributed by atoms with Gasteiger partial charge in [-0.25, -0.2) is 4.79 Å². The number of nitrogens with zero attached hydrogens (tertiary/aromatic N) is 2. The van der Waals surface area contributed by atoms with Crippen LogP contribution in [0.5, 0.6) is 0 Å². The van der Waals surface area contributed by atoms with E-state index in [1.807, 2.05) is 24.0 Å². The molecule has 23 heavy (non-hydrogen) atoms. The third kappa shape index (κ3) is 4.38. The number of nitrogens with one attached hydrogen (secondary N) is 2. The molecule has 2 N–H and O–H groups in total. The zero-order chi connectivity index (χ0) is 16.1. The maximum atomic E-state index is 12.0. The van der Waals surface area contributed by atoms with Gasteiger partial charge in [-0.2, -0.15) is 11.8 Å². The van der Waals surface area contributed by atoms with E-state index in [9.17, 15) is 4.79 Å². The Morgan fingerprint density at radius 3 is 3.00 bits per heavy atom. The van der Waals surface area contributed by atoms with Crippen LogP contribution in [0.15, 0.2) is 24.5 Å². The average Bonchev–Trinajstić information content (AvgIpc) is 3.21. The Morgan fingerprint density at radius 2 is 2.26 bits per heavy atom. The number of pyridine rings is 1. The number of hydrogen-bond acceptors (Lipinski definition) is 4. The van der Waals surface area contributed by atoms with Crippen LogP contribution in [0.3, 0.4) is 0 Å². The second-order valence-corrected chi connectivity index (χ2v) is 7.89. The van der Waals surface area contributed by atoms with E-state index < -0.39 is 0 Å². The van der Waals surface area contributed by atoms with E-state index in [1.54, 1.807) is 6.20 Å². The lowest BCUT2D eigenvalue weighted by molar-refractivity contribution is 0.233. The van der Waals surface area contributed by atoms with Crippen LogP contribution in [-0.2, 0) is 0 Å². The zero-order valence-electron chi connectivity index (χ0n) is 13.7. The predicted octanol–water partition coefficient (Wildman–Crippen LogP) is 2.27. The topological polar surface area (TPSA) is 57.3 Å². The molecule has 1 aromatic heterocycles. The van der Waals surface area contributed by atoms with Gasteiger partial charge in [0.1, 0.15) is 0 Å². The molecular formula is C17H26N4OS. The number of carbonyl (C=O) groups is 1. The lowest BCUT2D eigenvalue weighted by Crippen LogP contribution is -2.41. The molecule has 0 radical (unpaired) electrons. The Hall–Kier alpha value is -1.27. The highest BCUT2D eigenvalue weighted by atomic mass is 32.2. The van der Waals surface area contributed by atoms with Gasteiger partial charge < -0.3 is 10.6 Å². The Morgan fingerprint density at radius 1 is 1.39 bits per heavy atom. The summed E-state index contributed by atoms with van der Waals surface area (Å²) < 4.78 is 0. The van der Waals surface area contributed by atoms with Gasteiger partial charge in [-0.3, -0.25) is 9.88 Å². The van der Waals surface area contributed by atoms with E-state index in [0.29, 0.717) is 23.8 Å². The molecule has 0 aliphatic carbocycles. The molecule has 2 aliphatic heterocycles. The Labute approximate surface area is 142 Å². The molecule has 1 aromatic rings. The van der Waals surface area contributed by atoms with Crippen molar-refractivity contribution >= 4 is 17.8 Å². The van der Waals surface area contributed by atoms with Gasteiger partial charge in [0.15, 0.2) is 0 Å². The second kappa shape index (κ2) is 8.02. The normalized spacial score (nSPS) is 28.0. The fourth-order valence-corrected chi connectivity index (χ4v) is 4.82. The van der Waals surface area contributed by atoms with Crippen LogP contribution in [0.25, 0.3) is 0 Å². The quantitative estimate of drug-likeness (QED) is 0.867. The van der Waals surface area contributed by atoms with Crippen molar-refractivity contribution in [3.63, 3.8) is 0 Å². The first kappa shape index (κ1) is 16.6. The number of hydrogen-bond donors (Lipinski definition) is 2. The van der Waals surface area contributed by atoms with Crippen molar-refractivity contribution in [1.82, 2.24) is 20.5 Å². The number of aromatic nitrogens is 1. The standard InChI is InChI=1S/C17H26N4OS/c1-21-8-6-14(16(21)13-4-2-7-18-10-13)11-19-17(22)20-12-15-5-3-9-23-15/h2,4,7,10,14-16H,3,5-6,8-9,11-12H2,1H3,(H2,19,20,22)/t14-,15+,16-/m0/s1. The van der Waals surface area contributed by atoms with Crippen molar-refractivity contribution in [2.45, 2.75) is 30.6 Å². The van der Waals surface area contributed by atoms with Gasteiger partial charge in [0.05, 0.1) is 0 Å². The summed E-state index contributed by atoms with van der Waals surface area (Å²) in [5.41, 5.74) is 1.24. The molecule has 0 unspecified atom stereocenters. The fraction of sp³-hybridized carbons (Fsp3) is 0.647. The SMILES string of the molecule is CN1CC[C@@H](CNC(=O)NC[C@H]2CCCS2)[C@@H]1c1cccnc1. The largest absolute Gasteiger partial charge is 0.338 e. The van der Waals surface area contributed by atoms with Crippen LogP contribution in [0.1, 0.15) is 30.9 Å². The minimum absolute atomic E-state index is 0.0306. The summed E-state index contributed by atoms with van der Waals surface area (Å²) >= 11 is 1.97. The monoisotopic (exact) mass is 334 g/mol. The average molecular weight is 334 g/mol. The molecule has 3 rings (SSSR count). The summed E-state index contributed by atoms with van der Waals surface area (Å²) in [6, 6.07) is 4.42. The van der Waals surface area contributed by atoms with Crippen molar-refractivity contribution in [1.29, 1.82) is 0 Å². The molecule has 0 spiro atoms. The minimum Gasteiger partial charge on any atom is -0.338 e. The summed E-state index contributed by atoms with van der Waals surface area (Å²) in [6.45, 7) is 2.56. The molecule has 5 nitrogen and oxygen atoms in total. The Kier molecular flexibility index (Phi) is 5.78. The van der Waals surface area contributed by atoms with Gasteiger partial charge in [0.2, 0.25) is 0 Å². The molecule has 2 amide bonds. The highest BCUT2D eigenvalue weighted by molar-refractivity contribution is 8.00. The fourth-order valence-electron chi connectivity index (χ4n) is 3.62. The van der Waals surface area contributed by atoms with Crippen LogP contribution >= 0.6 is 11.8 Å². The van der Waals surface area contributed by atoms with Crippen LogP contribution < -0.4 is 10.6 Å². The molecule has 3 heterocycles. The Bertz CT molecular complexity index is 507. The van der Waals surface area contributed by atoms with Gasteiger partial charge in [-0.1, -0.05) is 6.07 Å². The number of thioether (sulfide) groups is 1. The molecule has 0 bridgehead atoms. The molecule has 2 fully saturated rings. The number of likely N-dealkylation sites (tertiary alicyclic amines) is 1. The lowest BCUT2D eigenvalue weighted by atomic mass is 9.95. The molecule has 2 aliphatic rings. The van der Waals surface area contributed by atoms with Crippen molar-refractivity contribution in [3.8, 4) is 0 Å². The first-order valence-corrected chi connectivity index (χ1v) is 9.52. The van der Waals surface area contributed by atoms with Crippen LogP contribution in [0.4, 0.5) is 4.79 Å².